The standard InChI is InChI=1S/C38H28N10O13S3/c1-20-33(44-40-23-10-12-26(13-11-23)62(53,54)55)38(52)48(47-20)25-9-5-8-24(18-25)41-45-34-30(49)15-14-28(36(34)50)42-43-29-19-27(63(56,57)58)16-21-17-31(64(59,60)61)35(37(51)32(21)29)46-39-22-6-3-2-4-7-22/h2-19,33,39,41,43H,1H3,(H,53,54,55)(H,56,57,58)(H,59,60,61)/b42-28+,44-40?,45-34+,46-35+. The largest absolute Gasteiger partial charge is 0.296 e. The molecule has 6 N–H and O–H groups in total. The fraction of sp³-hybridized carbons (Fsp3) is 0.0526. The fourth-order valence-electron chi connectivity index (χ4n) is 5.98. The first-order chi connectivity index (χ1) is 30.2. The zero-order chi connectivity index (χ0) is 46.1. The van der Waals surface area contributed by atoms with Crippen molar-refractivity contribution in [2.24, 2.45) is 30.6 Å². The summed E-state index contributed by atoms with van der Waals surface area (Å²) in [5.41, 5.74) is 4.53. The second-order valence-corrected chi connectivity index (χ2v) is 17.6. The number of ketones is 1. The topological polar surface area (TPSA) is 345 Å². The number of hydrogen-bond acceptors (Lipinski definition) is 19. The number of benzene rings is 5. The highest BCUT2D eigenvalue weighted by molar-refractivity contribution is 7.91. The minimum absolute atomic E-state index is 0.171. The molecule has 1 unspecified atom stereocenters. The molecule has 0 saturated carbocycles. The van der Waals surface area contributed by atoms with E-state index < -0.39 is 102 Å². The molecule has 1 atom stereocenters. The molecule has 0 radical (unpaired) electrons. The van der Waals surface area contributed by atoms with Gasteiger partial charge in [-0.05, 0) is 97.4 Å². The Kier molecular flexibility index (Phi) is 11.9. The maximum absolute atomic E-state index is 13.9. The van der Waals surface area contributed by atoms with E-state index in [1.807, 2.05) is 0 Å². The van der Waals surface area contributed by atoms with Gasteiger partial charge in [0.1, 0.15) is 10.3 Å². The van der Waals surface area contributed by atoms with E-state index in [1.54, 1.807) is 18.2 Å². The summed E-state index contributed by atoms with van der Waals surface area (Å²) in [7, 11) is -14.6. The Morgan fingerprint density at radius 1 is 0.672 bits per heavy atom. The predicted molar refractivity (Wildman–Crippen MR) is 229 cm³/mol. The molecule has 0 spiro atoms. The van der Waals surface area contributed by atoms with Crippen LogP contribution in [0.15, 0.2) is 158 Å². The molecule has 7 rings (SSSR count). The van der Waals surface area contributed by atoms with Crippen molar-refractivity contribution in [3.63, 3.8) is 0 Å². The molecule has 5 aromatic rings. The number of anilines is 4. The number of rotatable bonds is 12. The molecule has 0 aromatic heterocycles. The summed E-state index contributed by atoms with van der Waals surface area (Å²) in [6, 6.07) is 21.0. The van der Waals surface area contributed by atoms with Crippen molar-refractivity contribution < 1.29 is 48.5 Å². The lowest BCUT2D eigenvalue weighted by Crippen LogP contribution is -2.48. The molecule has 326 valence electrons. The maximum atomic E-state index is 13.9. The number of nitrogens with one attached hydrogen (secondary N) is 3. The third-order valence-corrected chi connectivity index (χ3v) is 11.6. The minimum Gasteiger partial charge on any atom is -0.287 e. The number of para-hydroxylation sites is 1. The van der Waals surface area contributed by atoms with Crippen LogP contribution in [-0.2, 0) is 35.1 Å². The number of azo groups is 1. The molecule has 26 heteroatoms. The molecule has 0 bridgehead atoms. The number of hydrazone groups is 2. The van der Waals surface area contributed by atoms with Gasteiger partial charge in [-0.25, -0.2) is 0 Å². The van der Waals surface area contributed by atoms with Crippen LogP contribution in [0.4, 0.5) is 28.4 Å². The second-order valence-electron chi connectivity index (χ2n) is 13.4. The molecule has 1 heterocycles. The van der Waals surface area contributed by atoms with Crippen LogP contribution in [-0.4, -0.2) is 68.1 Å². The van der Waals surface area contributed by atoms with Crippen LogP contribution in [0.2, 0.25) is 0 Å². The Hall–Kier alpha value is -7.75. The van der Waals surface area contributed by atoms with Crippen LogP contribution in [0.3, 0.4) is 0 Å². The van der Waals surface area contributed by atoms with Gasteiger partial charge in [0, 0.05) is 0 Å². The van der Waals surface area contributed by atoms with Crippen molar-refractivity contribution in [3.8, 4) is 0 Å². The number of carbonyl (C=O) groups excluding carboxylic acids is 2. The number of allylic oxidation sites excluding steroid dienone is 1. The Balaban J connectivity index is 1.17. The second kappa shape index (κ2) is 17.2. The number of amides is 1. The van der Waals surface area contributed by atoms with Gasteiger partial charge < -0.3 is 0 Å². The zero-order valence-corrected chi connectivity index (χ0v) is 34.7. The first-order valence-electron chi connectivity index (χ1n) is 17.9. The molecule has 0 saturated heterocycles. The van der Waals surface area contributed by atoms with E-state index in [4.69, 9.17) is 0 Å². The summed E-state index contributed by atoms with van der Waals surface area (Å²) in [6.45, 7) is 1.53. The lowest BCUT2D eigenvalue weighted by molar-refractivity contribution is -0.117. The summed E-state index contributed by atoms with van der Waals surface area (Å²) in [5, 5.41) is 23.9. The molecule has 5 aromatic carbocycles. The van der Waals surface area contributed by atoms with Crippen molar-refractivity contribution in [2.75, 3.05) is 21.3 Å². The molecule has 0 fully saturated rings. The normalized spacial score (nSPS) is 16.8. The minimum atomic E-state index is -5.16. The van der Waals surface area contributed by atoms with E-state index in [-0.39, 0.29) is 27.7 Å². The van der Waals surface area contributed by atoms with E-state index in [0.29, 0.717) is 5.69 Å². The van der Waals surface area contributed by atoms with Gasteiger partial charge in [-0.2, -0.15) is 60.9 Å². The highest BCUT2D eigenvalue weighted by Crippen LogP contribution is 2.34. The Bertz CT molecular complexity index is 3500. The number of hydrogen-bond donors (Lipinski definition) is 6. The van der Waals surface area contributed by atoms with Crippen LogP contribution >= 0.6 is 0 Å². The van der Waals surface area contributed by atoms with Crippen molar-refractivity contribution in [1.82, 2.24) is 0 Å². The van der Waals surface area contributed by atoms with E-state index in [9.17, 15) is 58.1 Å². The third-order valence-electron chi connectivity index (χ3n) is 9.03. The number of nitrogens with zero attached hydrogens (tertiary/aromatic N) is 7. The monoisotopic (exact) mass is 928 g/mol. The average molecular weight is 929 g/mol. The first-order valence-corrected chi connectivity index (χ1v) is 22.2. The molecular weight excluding hydrogens is 901 g/mol. The molecule has 1 aliphatic heterocycles. The average Bonchev–Trinajstić information content (AvgIpc) is 3.53. The van der Waals surface area contributed by atoms with Gasteiger partial charge in [0.25, 0.3) is 36.3 Å². The Labute approximate surface area is 360 Å². The van der Waals surface area contributed by atoms with Crippen molar-refractivity contribution >= 4 is 88.0 Å². The zero-order valence-electron chi connectivity index (χ0n) is 32.2. The molecular formula is C38H28N10O13S3. The van der Waals surface area contributed by atoms with E-state index in [1.165, 1.54) is 55.5 Å². The summed E-state index contributed by atoms with van der Waals surface area (Å²) in [6.07, 6.45) is 0.747. The smallest absolute Gasteiger partial charge is 0.287 e. The summed E-state index contributed by atoms with van der Waals surface area (Å²) in [5.74, 6) is -1.77. The maximum Gasteiger partial charge on any atom is 0.296 e. The Morgan fingerprint density at radius 3 is 2.02 bits per heavy atom. The summed E-state index contributed by atoms with van der Waals surface area (Å²) < 4.78 is 101. The van der Waals surface area contributed by atoms with Crippen molar-refractivity contribution in [1.29, 1.82) is 0 Å². The van der Waals surface area contributed by atoms with Gasteiger partial charge in [0.2, 0.25) is 16.6 Å². The fourth-order valence-corrected chi connectivity index (χ4v) is 7.67. The van der Waals surface area contributed by atoms with Gasteiger partial charge in [-0.15, -0.1) is 0 Å². The molecule has 2 aliphatic rings. The molecule has 1 amide bonds. The lowest BCUT2D eigenvalue weighted by atomic mass is 9.93. The van der Waals surface area contributed by atoms with E-state index >= 15 is 0 Å². The highest BCUT2D eigenvalue weighted by atomic mass is 32.2. The van der Waals surface area contributed by atoms with Crippen LogP contribution in [0.5, 0.6) is 0 Å². The summed E-state index contributed by atoms with van der Waals surface area (Å²) in [4.78, 5) is 51.4. The number of Topliss-reactive ketones (excluding diaryl/α,β-unsaturated/α-hetero) is 1. The van der Waals surface area contributed by atoms with E-state index in [0.717, 1.165) is 47.5 Å². The molecule has 64 heavy (non-hydrogen) atoms. The van der Waals surface area contributed by atoms with Gasteiger partial charge >= 0.3 is 0 Å². The predicted octanol–water partition coefficient (Wildman–Crippen LogP) is 2.40. The number of carbonyl (C=O) groups is 2. The van der Waals surface area contributed by atoms with Gasteiger partial charge in [0.05, 0.1) is 49.5 Å². The first kappa shape index (κ1) is 44.3. The SMILES string of the molecule is CC1=NN(c2cccc(N/N=c3\c(=O)cc/c(=N\Nc4cc(S(=O)(=O)O)cc5c4C(=O)/C(=N/Nc4ccccc4)C(S(=O)(=O)O)=C5)c3=O)c2)C(=O)C1N=Nc1ccc(S(=O)(=O)O)cc1. The van der Waals surface area contributed by atoms with Crippen molar-refractivity contribution in [2.45, 2.75) is 22.8 Å². The van der Waals surface area contributed by atoms with Crippen LogP contribution < -0.4 is 42.9 Å². The van der Waals surface area contributed by atoms with Gasteiger partial charge in [-0.3, -0.25) is 49.1 Å². The Morgan fingerprint density at radius 2 is 1.34 bits per heavy atom. The van der Waals surface area contributed by atoms with E-state index in [2.05, 4.69) is 46.9 Å². The molecule has 23 nitrogen and oxygen atoms in total. The van der Waals surface area contributed by atoms with Gasteiger partial charge in [-0.1, -0.05) is 24.3 Å². The quantitative estimate of drug-likeness (QED) is 0.0594. The number of fused-ring (bicyclic) bond motifs is 1. The third kappa shape index (κ3) is 9.50. The van der Waals surface area contributed by atoms with Gasteiger partial charge in [0.15, 0.2) is 17.1 Å². The van der Waals surface area contributed by atoms with Crippen LogP contribution in [0.1, 0.15) is 22.8 Å². The van der Waals surface area contributed by atoms with Crippen LogP contribution in [0, 0.1) is 0 Å². The highest BCUT2D eigenvalue weighted by Gasteiger charge is 2.37. The molecule has 1 aliphatic carbocycles. The van der Waals surface area contributed by atoms with Crippen LogP contribution in [0.25, 0.3) is 6.08 Å². The lowest BCUT2D eigenvalue weighted by Gasteiger charge is -2.19. The van der Waals surface area contributed by atoms with Crippen molar-refractivity contribution in [3.05, 3.63) is 150 Å². The summed E-state index contributed by atoms with van der Waals surface area (Å²) >= 11 is 0.